The first-order chi connectivity index (χ1) is 10.0. The van der Waals surface area contributed by atoms with Crippen LogP contribution < -0.4 is 5.73 Å². The summed E-state index contributed by atoms with van der Waals surface area (Å²) >= 11 is 1.64. The van der Waals surface area contributed by atoms with Gasteiger partial charge in [-0.15, -0.1) is 24.2 Å². The van der Waals surface area contributed by atoms with Gasteiger partial charge in [0.05, 0.1) is 5.75 Å². The van der Waals surface area contributed by atoms with Crippen molar-refractivity contribution in [3.05, 3.63) is 29.3 Å². The van der Waals surface area contributed by atoms with Crippen LogP contribution in [0.4, 0.5) is 0 Å². The molecular weight excluding hydrogens is 316 g/mol. The molecule has 1 aromatic carbocycles. The van der Waals surface area contributed by atoms with E-state index >= 15 is 0 Å². The highest BCUT2D eigenvalue weighted by molar-refractivity contribution is 8.00. The van der Waals surface area contributed by atoms with Crippen LogP contribution in [0.5, 0.6) is 0 Å². The van der Waals surface area contributed by atoms with Crippen molar-refractivity contribution in [2.75, 3.05) is 18.8 Å². The number of hydrogen-bond acceptors (Lipinski definition) is 3. The van der Waals surface area contributed by atoms with Crippen molar-refractivity contribution in [1.82, 2.24) is 4.90 Å². The van der Waals surface area contributed by atoms with Gasteiger partial charge in [-0.25, -0.2) is 0 Å². The number of aryl methyl sites for hydroxylation is 2. The molecule has 1 saturated heterocycles. The molecule has 2 N–H and O–H groups in total. The zero-order chi connectivity index (χ0) is 15.4. The van der Waals surface area contributed by atoms with E-state index in [1.165, 1.54) is 16.0 Å². The van der Waals surface area contributed by atoms with Crippen molar-refractivity contribution in [2.24, 2.45) is 11.7 Å². The van der Waals surface area contributed by atoms with Gasteiger partial charge in [0, 0.05) is 24.0 Å². The first-order valence-corrected chi connectivity index (χ1v) is 8.69. The Bertz CT molecular complexity index is 509. The number of rotatable bonds is 4. The number of amides is 1. The van der Waals surface area contributed by atoms with Crippen LogP contribution in [0.1, 0.15) is 30.9 Å². The Balaban J connectivity index is 0.00000242. The second-order valence-electron chi connectivity index (χ2n) is 6.16. The van der Waals surface area contributed by atoms with Crippen LogP contribution >= 0.6 is 24.2 Å². The second-order valence-corrected chi connectivity index (χ2v) is 7.18. The fraction of sp³-hybridized carbons (Fsp3) is 0.588. The summed E-state index contributed by atoms with van der Waals surface area (Å²) in [4.78, 5) is 15.7. The highest BCUT2D eigenvalue weighted by Gasteiger charge is 2.28. The lowest BCUT2D eigenvalue weighted by Crippen LogP contribution is -2.49. The molecule has 0 spiro atoms. The van der Waals surface area contributed by atoms with E-state index in [-0.39, 0.29) is 24.4 Å². The average molecular weight is 343 g/mol. The minimum atomic E-state index is 0. The quantitative estimate of drug-likeness (QED) is 0.853. The van der Waals surface area contributed by atoms with Crippen LogP contribution in [-0.4, -0.2) is 35.7 Å². The molecule has 1 heterocycles. The number of benzene rings is 1. The van der Waals surface area contributed by atoms with E-state index in [1.54, 1.807) is 11.8 Å². The average Bonchev–Trinajstić information content (AvgIpc) is 2.45. The van der Waals surface area contributed by atoms with Gasteiger partial charge in [0.25, 0.3) is 0 Å². The van der Waals surface area contributed by atoms with Gasteiger partial charge in [-0.3, -0.25) is 4.79 Å². The van der Waals surface area contributed by atoms with E-state index in [0.29, 0.717) is 18.2 Å². The van der Waals surface area contributed by atoms with Gasteiger partial charge in [-0.05, 0) is 44.2 Å². The normalized spacial score (nSPS) is 21.4. The Labute approximate surface area is 144 Å². The molecule has 1 fully saturated rings. The molecule has 3 nitrogen and oxygen atoms in total. The number of halogens is 1. The van der Waals surface area contributed by atoms with Crippen molar-refractivity contribution in [3.8, 4) is 0 Å². The molecule has 1 amide bonds. The molecule has 0 bridgehead atoms. The molecule has 22 heavy (non-hydrogen) atoms. The third kappa shape index (κ3) is 4.90. The maximum Gasteiger partial charge on any atom is 0.233 e. The summed E-state index contributed by atoms with van der Waals surface area (Å²) in [5, 5.41) is 0. The molecule has 0 radical (unpaired) electrons. The maximum absolute atomic E-state index is 12.5. The summed E-state index contributed by atoms with van der Waals surface area (Å²) < 4.78 is 0. The van der Waals surface area contributed by atoms with E-state index in [0.717, 1.165) is 19.4 Å². The zero-order valence-corrected chi connectivity index (χ0v) is 15.3. The molecule has 2 atom stereocenters. The van der Waals surface area contributed by atoms with Crippen LogP contribution in [0.15, 0.2) is 23.1 Å². The van der Waals surface area contributed by atoms with Crippen molar-refractivity contribution in [2.45, 2.75) is 44.6 Å². The van der Waals surface area contributed by atoms with E-state index in [4.69, 9.17) is 5.73 Å². The largest absolute Gasteiger partial charge is 0.338 e. The first kappa shape index (κ1) is 19.3. The first-order valence-electron chi connectivity index (χ1n) is 7.71. The van der Waals surface area contributed by atoms with E-state index in [1.807, 2.05) is 4.90 Å². The van der Waals surface area contributed by atoms with Crippen LogP contribution in [0.3, 0.4) is 0 Å². The van der Waals surface area contributed by atoms with Crippen molar-refractivity contribution < 1.29 is 4.79 Å². The van der Waals surface area contributed by atoms with Crippen molar-refractivity contribution in [3.63, 3.8) is 0 Å². The minimum Gasteiger partial charge on any atom is -0.338 e. The number of nitrogens with zero attached hydrogens (tertiary/aromatic N) is 1. The van der Waals surface area contributed by atoms with E-state index in [2.05, 4.69) is 39.0 Å². The van der Waals surface area contributed by atoms with Gasteiger partial charge < -0.3 is 10.6 Å². The topological polar surface area (TPSA) is 46.3 Å². The fourth-order valence-corrected chi connectivity index (χ4v) is 3.88. The summed E-state index contributed by atoms with van der Waals surface area (Å²) in [5.74, 6) is 1.41. The van der Waals surface area contributed by atoms with Crippen molar-refractivity contribution >= 4 is 30.1 Å². The highest BCUT2D eigenvalue weighted by atomic mass is 35.5. The lowest BCUT2D eigenvalue weighted by Gasteiger charge is -2.38. The molecule has 1 aromatic rings. The third-order valence-corrected chi connectivity index (χ3v) is 5.41. The number of carbonyl (C=O) groups is 1. The number of piperidine rings is 1. The number of likely N-dealkylation sites (tertiary alicyclic amines) is 1. The number of carbonyl (C=O) groups excluding carboxylic acids is 1. The van der Waals surface area contributed by atoms with Gasteiger partial charge in [-0.2, -0.15) is 0 Å². The smallest absolute Gasteiger partial charge is 0.233 e. The van der Waals surface area contributed by atoms with Crippen LogP contribution in [0, 0.1) is 19.8 Å². The standard InChI is InChI=1S/C17H26N2OS.ClH/c1-12-4-5-16(14(3)8-12)21-11-17(20)19-7-6-13(2)9-15(19)10-18;/h4-5,8,13,15H,6-7,9-11,18H2,1-3H3;1H. The van der Waals surface area contributed by atoms with Gasteiger partial charge in [-0.1, -0.05) is 24.6 Å². The third-order valence-electron chi connectivity index (χ3n) is 4.25. The predicted molar refractivity (Wildman–Crippen MR) is 96.8 cm³/mol. The number of thioether (sulfide) groups is 1. The highest BCUT2D eigenvalue weighted by Crippen LogP contribution is 2.26. The Morgan fingerprint density at radius 2 is 2.14 bits per heavy atom. The second kappa shape index (κ2) is 8.80. The lowest BCUT2D eigenvalue weighted by molar-refractivity contribution is -0.132. The Hall–Kier alpha value is -0.710. The summed E-state index contributed by atoms with van der Waals surface area (Å²) in [7, 11) is 0. The fourth-order valence-electron chi connectivity index (χ4n) is 2.99. The molecular formula is C17H27ClN2OS. The van der Waals surface area contributed by atoms with E-state index < -0.39 is 0 Å². The Morgan fingerprint density at radius 3 is 2.77 bits per heavy atom. The molecule has 0 aromatic heterocycles. The lowest BCUT2D eigenvalue weighted by atomic mass is 9.92. The molecule has 2 rings (SSSR count). The summed E-state index contributed by atoms with van der Waals surface area (Å²) in [6.07, 6.45) is 2.13. The Morgan fingerprint density at radius 1 is 1.41 bits per heavy atom. The summed E-state index contributed by atoms with van der Waals surface area (Å²) in [5.41, 5.74) is 8.35. The van der Waals surface area contributed by atoms with Crippen LogP contribution in [0.2, 0.25) is 0 Å². The van der Waals surface area contributed by atoms with E-state index in [9.17, 15) is 4.79 Å². The van der Waals surface area contributed by atoms with Gasteiger partial charge in [0.1, 0.15) is 0 Å². The van der Waals surface area contributed by atoms with Crippen LogP contribution in [0.25, 0.3) is 0 Å². The minimum absolute atomic E-state index is 0. The molecule has 0 aliphatic carbocycles. The van der Waals surface area contributed by atoms with Crippen LogP contribution in [-0.2, 0) is 4.79 Å². The zero-order valence-electron chi connectivity index (χ0n) is 13.7. The number of hydrogen-bond donors (Lipinski definition) is 1. The van der Waals surface area contributed by atoms with Gasteiger partial charge >= 0.3 is 0 Å². The molecule has 1 aliphatic heterocycles. The van der Waals surface area contributed by atoms with Crippen molar-refractivity contribution in [1.29, 1.82) is 0 Å². The van der Waals surface area contributed by atoms with Gasteiger partial charge in [0.2, 0.25) is 5.91 Å². The number of nitrogens with two attached hydrogens (primary N) is 1. The Kier molecular flexibility index (Phi) is 7.74. The summed E-state index contributed by atoms with van der Waals surface area (Å²) in [6.45, 7) is 7.87. The summed E-state index contributed by atoms with van der Waals surface area (Å²) in [6, 6.07) is 6.60. The van der Waals surface area contributed by atoms with Gasteiger partial charge in [0.15, 0.2) is 0 Å². The SMILES string of the molecule is Cc1ccc(SCC(=O)N2CCC(C)CC2CN)c(C)c1.Cl. The predicted octanol–water partition coefficient (Wildman–Crippen LogP) is 3.40. The molecule has 2 unspecified atom stereocenters. The molecule has 124 valence electrons. The molecule has 5 heteroatoms. The monoisotopic (exact) mass is 342 g/mol. The molecule has 1 aliphatic rings. The maximum atomic E-state index is 12.5. The molecule has 0 saturated carbocycles.